The van der Waals surface area contributed by atoms with Crippen molar-refractivity contribution < 1.29 is 22.8 Å². The number of nitrogens with one attached hydrogen (secondary N) is 1. The molecule has 0 aliphatic heterocycles. The molecule has 1 aliphatic rings. The molecule has 40 heavy (non-hydrogen) atoms. The van der Waals surface area contributed by atoms with Gasteiger partial charge in [-0.15, -0.1) is 0 Å². The molecule has 0 atom stereocenters. The molecule has 7 nitrogen and oxygen atoms in total. The van der Waals surface area contributed by atoms with E-state index < -0.39 is 15.9 Å². The Morgan fingerprint density at radius 1 is 1.10 bits per heavy atom. The predicted molar refractivity (Wildman–Crippen MR) is 161 cm³/mol. The number of aromatic nitrogens is 1. The lowest BCUT2D eigenvalue weighted by molar-refractivity contribution is -0.119. The predicted octanol–water partition coefficient (Wildman–Crippen LogP) is 6.13. The van der Waals surface area contributed by atoms with Gasteiger partial charge < -0.3 is 4.57 Å². The second-order valence-electron chi connectivity index (χ2n) is 10.2. The van der Waals surface area contributed by atoms with Crippen molar-refractivity contribution >= 4 is 55.6 Å². The molecule has 0 saturated carbocycles. The van der Waals surface area contributed by atoms with Gasteiger partial charge in [0.15, 0.2) is 5.78 Å². The van der Waals surface area contributed by atoms with Gasteiger partial charge in [-0.05, 0) is 41.7 Å². The fraction of sp³-hybridized carbons (Fsp3) is 0.323. The molecule has 0 radical (unpaired) electrons. The normalized spacial score (nSPS) is 13.3. The Balaban J connectivity index is 0.00000441. The first-order valence-electron chi connectivity index (χ1n) is 12.8. The van der Waals surface area contributed by atoms with Gasteiger partial charge in [-0.3, -0.25) is 14.4 Å². The smallest absolute Gasteiger partial charge is 0.282 e. The second-order valence-corrected chi connectivity index (χ2v) is 12.4. The molecule has 1 aromatic heterocycles. The first-order valence-corrected chi connectivity index (χ1v) is 15.0. The monoisotopic (exact) mass is 582 g/mol. The average Bonchev–Trinajstić information content (AvgIpc) is 3.15. The summed E-state index contributed by atoms with van der Waals surface area (Å²) in [6.45, 7) is 4.24. The van der Waals surface area contributed by atoms with Gasteiger partial charge in [0.1, 0.15) is 11.5 Å². The molecule has 1 N–H and O–H groups in total. The van der Waals surface area contributed by atoms with Crippen LogP contribution in [0.5, 0.6) is 0 Å². The van der Waals surface area contributed by atoms with Crippen LogP contribution in [0.3, 0.4) is 0 Å². The van der Waals surface area contributed by atoms with Crippen LogP contribution in [0.2, 0.25) is 5.02 Å². The van der Waals surface area contributed by atoms with Crippen molar-refractivity contribution in [2.45, 2.75) is 53.5 Å². The van der Waals surface area contributed by atoms with Crippen LogP contribution in [0.25, 0.3) is 16.5 Å². The lowest BCUT2D eigenvalue weighted by Crippen LogP contribution is -2.32. The number of nitrogens with zero attached hydrogens (tertiary/aromatic N) is 1. The molecule has 0 saturated heterocycles. The second kappa shape index (κ2) is 12.8. The maximum atomic E-state index is 13.6. The van der Waals surface area contributed by atoms with Gasteiger partial charge in [-0.1, -0.05) is 75.4 Å². The summed E-state index contributed by atoms with van der Waals surface area (Å²) >= 11 is 6.35. The number of halogens is 1. The summed E-state index contributed by atoms with van der Waals surface area (Å²) < 4.78 is 28.0. The van der Waals surface area contributed by atoms with Crippen LogP contribution in [0.1, 0.15) is 67.7 Å². The molecule has 4 rings (SSSR count). The first kappa shape index (κ1) is 31.0. The van der Waals surface area contributed by atoms with Gasteiger partial charge in [0, 0.05) is 52.9 Å². The number of Topliss-reactive ketones (excluding diaryl/α,β-unsaturated/α-hetero) is 2. The highest BCUT2D eigenvalue weighted by molar-refractivity contribution is 7.89. The Morgan fingerprint density at radius 3 is 2.45 bits per heavy atom. The maximum Gasteiger partial charge on any atom is 0.282 e. The van der Waals surface area contributed by atoms with Crippen LogP contribution in [0.4, 0.5) is 0 Å². The standard InChI is InChI=1S/C30H31ClN2O5S.CH4/c1-19(2)16-23(34)14-12-20-8-4-5-9-21(20)18-33-26-15-13-22(31)17-25(26)28(24-10-6-7-11-27(24)35)29(33)30(36)32-39(3,37)38;/h4-10,13,15,17,19H,11-12,14,16,18H2,1-3H3,(H,32,36);1H4. The number of carbonyl (C=O) groups is 3. The van der Waals surface area contributed by atoms with E-state index >= 15 is 0 Å². The van der Waals surface area contributed by atoms with Crippen LogP contribution in [0, 0.1) is 5.92 Å². The number of aryl methyl sites for hydroxylation is 1. The third-order valence-electron chi connectivity index (χ3n) is 6.55. The van der Waals surface area contributed by atoms with E-state index in [4.69, 9.17) is 11.6 Å². The average molecular weight is 583 g/mol. The number of hydrogen-bond donors (Lipinski definition) is 1. The summed E-state index contributed by atoms with van der Waals surface area (Å²) in [5.74, 6) is -0.555. The van der Waals surface area contributed by atoms with Gasteiger partial charge in [-0.25, -0.2) is 13.1 Å². The van der Waals surface area contributed by atoms with Gasteiger partial charge in [0.2, 0.25) is 10.0 Å². The van der Waals surface area contributed by atoms with E-state index in [1.54, 1.807) is 41.0 Å². The van der Waals surface area contributed by atoms with E-state index in [2.05, 4.69) is 4.72 Å². The number of rotatable bonds is 10. The Kier molecular flexibility index (Phi) is 9.92. The highest BCUT2D eigenvalue weighted by atomic mass is 35.5. The highest BCUT2D eigenvalue weighted by Gasteiger charge is 2.30. The number of hydrogen-bond acceptors (Lipinski definition) is 5. The maximum absolute atomic E-state index is 13.6. The SMILES string of the molecule is C.CC(C)CC(=O)CCc1ccccc1Cn1c(C(=O)NS(C)(=O)=O)c(C2=CC=CCC2=O)c2cc(Cl)ccc21. The summed E-state index contributed by atoms with van der Waals surface area (Å²) in [6, 6.07) is 12.8. The number of benzene rings is 2. The van der Waals surface area contributed by atoms with Crippen LogP contribution in [-0.4, -0.2) is 36.7 Å². The third kappa shape index (κ3) is 7.17. The van der Waals surface area contributed by atoms with Crippen molar-refractivity contribution in [1.82, 2.24) is 9.29 Å². The van der Waals surface area contributed by atoms with Crippen molar-refractivity contribution in [3.05, 3.63) is 88.1 Å². The number of allylic oxidation sites excluding steroid dienone is 4. The molecule has 1 aliphatic carbocycles. The van der Waals surface area contributed by atoms with Crippen molar-refractivity contribution in [1.29, 1.82) is 0 Å². The third-order valence-corrected chi connectivity index (χ3v) is 7.34. The largest absolute Gasteiger partial charge is 0.331 e. The minimum Gasteiger partial charge on any atom is -0.331 e. The number of sulfonamides is 1. The Labute approximate surface area is 241 Å². The fourth-order valence-electron chi connectivity index (χ4n) is 4.94. The van der Waals surface area contributed by atoms with Crippen LogP contribution in [0.15, 0.2) is 60.7 Å². The lowest BCUT2D eigenvalue weighted by atomic mass is 9.93. The highest BCUT2D eigenvalue weighted by Crippen LogP contribution is 2.36. The summed E-state index contributed by atoms with van der Waals surface area (Å²) in [5.41, 5.74) is 3.17. The summed E-state index contributed by atoms with van der Waals surface area (Å²) in [6.07, 6.45) is 7.64. The van der Waals surface area contributed by atoms with Crippen molar-refractivity contribution in [3.8, 4) is 0 Å². The summed E-state index contributed by atoms with van der Waals surface area (Å²) in [7, 11) is -3.90. The quantitative estimate of drug-likeness (QED) is 0.310. The van der Waals surface area contributed by atoms with Crippen molar-refractivity contribution in [2.24, 2.45) is 5.92 Å². The zero-order valence-electron chi connectivity index (χ0n) is 22.2. The van der Waals surface area contributed by atoms with Crippen LogP contribution < -0.4 is 4.72 Å². The Hall–Kier alpha value is -3.49. The molecule has 2 aromatic carbocycles. The molecule has 212 valence electrons. The number of carbonyl (C=O) groups excluding carboxylic acids is 3. The molecule has 1 amide bonds. The number of ketones is 2. The molecule has 1 heterocycles. The fourth-order valence-corrected chi connectivity index (χ4v) is 5.54. The zero-order chi connectivity index (χ0) is 28.3. The van der Waals surface area contributed by atoms with Crippen molar-refractivity contribution in [2.75, 3.05) is 6.26 Å². The van der Waals surface area contributed by atoms with E-state index in [1.165, 1.54) is 0 Å². The van der Waals surface area contributed by atoms with Gasteiger partial charge in [0.25, 0.3) is 5.91 Å². The van der Waals surface area contributed by atoms with Crippen LogP contribution >= 0.6 is 11.6 Å². The molecule has 0 unspecified atom stereocenters. The molecule has 9 heteroatoms. The first-order chi connectivity index (χ1) is 18.4. The summed E-state index contributed by atoms with van der Waals surface area (Å²) in [5, 5.41) is 0.986. The molecule has 0 fully saturated rings. The Morgan fingerprint density at radius 2 is 1.80 bits per heavy atom. The summed E-state index contributed by atoms with van der Waals surface area (Å²) in [4.78, 5) is 39.0. The number of amides is 1. The number of fused-ring (bicyclic) bond motifs is 1. The minimum atomic E-state index is -3.90. The van der Waals surface area contributed by atoms with Crippen LogP contribution in [-0.2, 0) is 32.6 Å². The molecule has 3 aromatic rings. The molecule has 0 bridgehead atoms. The molecular weight excluding hydrogens is 548 g/mol. The Bertz CT molecular complexity index is 1630. The molecular formula is C31H35ClN2O5S. The van der Waals surface area contributed by atoms with E-state index in [-0.39, 0.29) is 43.6 Å². The lowest BCUT2D eigenvalue weighted by Gasteiger charge is -2.16. The van der Waals surface area contributed by atoms with E-state index in [1.807, 2.05) is 38.1 Å². The minimum absolute atomic E-state index is 0. The zero-order valence-corrected chi connectivity index (χ0v) is 23.7. The van der Waals surface area contributed by atoms with Gasteiger partial charge in [0.05, 0.1) is 6.26 Å². The van der Waals surface area contributed by atoms with Gasteiger partial charge >= 0.3 is 0 Å². The molecule has 0 spiro atoms. The van der Waals surface area contributed by atoms with Crippen molar-refractivity contribution in [3.63, 3.8) is 0 Å². The van der Waals surface area contributed by atoms with E-state index in [0.29, 0.717) is 46.3 Å². The van der Waals surface area contributed by atoms with E-state index in [0.717, 1.165) is 17.4 Å². The van der Waals surface area contributed by atoms with E-state index in [9.17, 15) is 22.8 Å². The topological polar surface area (TPSA) is 102 Å². The van der Waals surface area contributed by atoms with Gasteiger partial charge in [-0.2, -0.15) is 0 Å².